The zero-order chi connectivity index (χ0) is 10.4. The molecule has 0 aromatic rings. The molecule has 0 amide bonds. The average Bonchev–Trinajstić information content (AvgIpc) is 2.92. The number of hydrogen-bond donors (Lipinski definition) is 1. The maximum absolute atomic E-state index is 10.3. The molecule has 0 radical (unpaired) electrons. The molecule has 0 saturated heterocycles. The predicted octanol–water partition coefficient (Wildman–Crippen LogP) is 0.820. The normalized spacial score (nSPS) is 16.1. The van der Waals surface area contributed by atoms with Crippen LogP contribution in [0.1, 0.15) is 19.3 Å². The summed E-state index contributed by atoms with van der Waals surface area (Å²) in [6, 6.07) is 0. The van der Waals surface area contributed by atoms with Crippen LogP contribution in [0.3, 0.4) is 0 Å². The fraction of sp³-hybridized carbons (Fsp3) is 0.900. The number of rotatable bonds is 8. The second kappa shape index (κ2) is 5.98. The molecule has 0 bridgehead atoms. The molecule has 0 aromatic heterocycles. The first-order chi connectivity index (χ1) is 6.68. The van der Waals surface area contributed by atoms with Crippen LogP contribution in [0.25, 0.3) is 0 Å². The van der Waals surface area contributed by atoms with Gasteiger partial charge in [-0.1, -0.05) is 0 Å². The molecule has 0 spiro atoms. The van der Waals surface area contributed by atoms with Gasteiger partial charge in [-0.2, -0.15) is 0 Å². The van der Waals surface area contributed by atoms with Crippen LogP contribution in [0.5, 0.6) is 0 Å². The van der Waals surface area contributed by atoms with Gasteiger partial charge in [0.2, 0.25) is 0 Å². The minimum atomic E-state index is -0.740. The summed E-state index contributed by atoms with van der Waals surface area (Å²) in [6.45, 7) is 3.02. The molecule has 82 valence electrons. The van der Waals surface area contributed by atoms with Crippen molar-refractivity contribution in [2.75, 3.05) is 33.4 Å². The predicted molar refractivity (Wildman–Crippen MR) is 53.3 cm³/mol. The summed E-state index contributed by atoms with van der Waals surface area (Å²) < 4.78 is 5.45. The first-order valence-electron chi connectivity index (χ1n) is 5.16. The van der Waals surface area contributed by atoms with Crippen LogP contribution < -0.4 is 0 Å². The van der Waals surface area contributed by atoms with Gasteiger partial charge in [-0.15, -0.1) is 0 Å². The maximum atomic E-state index is 10.3. The van der Waals surface area contributed by atoms with E-state index >= 15 is 0 Å². The Kier molecular flexibility index (Phi) is 4.90. The number of hydrogen-bond acceptors (Lipinski definition) is 3. The Balaban J connectivity index is 1.85. The average molecular weight is 201 g/mol. The largest absolute Gasteiger partial charge is 0.481 e. The van der Waals surface area contributed by atoms with E-state index in [9.17, 15) is 4.79 Å². The first-order valence-corrected chi connectivity index (χ1v) is 5.16. The molecular weight excluding hydrogens is 182 g/mol. The minimum Gasteiger partial charge on any atom is -0.481 e. The van der Waals surface area contributed by atoms with E-state index < -0.39 is 5.97 Å². The van der Waals surface area contributed by atoms with Crippen LogP contribution in [0, 0.1) is 5.92 Å². The van der Waals surface area contributed by atoms with Crippen molar-refractivity contribution in [3.63, 3.8) is 0 Å². The zero-order valence-corrected chi connectivity index (χ0v) is 8.74. The highest BCUT2D eigenvalue weighted by Gasteiger charge is 2.20. The van der Waals surface area contributed by atoms with Crippen molar-refractivity contribution in [1.82, 2.24) is 4.90 Å². The van der Waals surface area contributed by atoms with Gasteiger partial charge in [-0.25, -0.2) is 0 Å². The third-order valence-corrected chi connectivity index (χ3v) is 2.38. The summed E-state index contributed by atoms with van der Waals surface area (Å²) in [6.07, 6.45) is 2.84. The van der Waals surface area contributed by atoms with E-state index in [1.807, 2.05) is 11.9 Å². The summed E-state index contributed by atoms with van der Waals surface area (Å²) in [4.78, 5) is 12.3. The van der Waals surface area contributed by atoms with Crippen molar-refractivity contribution < 1.29 is 14.6 Å². The lowest BCUT2D eigenvalue weighted by Gasteiger charge is -2.14. The van der Waals surface area contributed by atoms with E-state index in [0.717, 1.165) is 19.1 Å². The Bertz CT molecular complexity index is 180. The second-order valence-corrected chi connectivity index (χ2v) is 3.97. The molecule has 4 nitrogen and oxygen atoms in total. The van der Waals surface area contributed by atoms with Crippen LogP contribution in [0.4, 0.5) is 0 Å². The highest BCUT2D eigenvalue weighted by Crippen LogP contribution is 2.28. The van der Waals surface area contributed by atoms with Crippen molar-refractivity contribution in [2.45, 2.75) is 19.3 Å². The monoisotopic (exact) mass is 201 g/mol. The SMILES string of the molecule is CN(CCOCC1CC1)CCC(=O)O. The van der Waals surface area contributed by atoms with E-state index in [1.165, 1.54) is 12.8 Å². The summed E-state index contributed by atoms with van der Waals surface area (Å²) in [5, 5.41) is 8.46. The highest BCUT2D eigenvalue weighted by atomic mass is 16.5. The van der Waals surface area contributed by atoms with Gasteiger partial charge in [0.1, 0.15) is 0 Å². The number of carboxylic acids is 1. The first kappa shape index (κ1) is 11.5. The van der Waals surface area contributed by atoms with Crippen LogP contribution in [0.2, 0.25) is 0 Å². The molecule has 1 fully saturated rings. The Morgan fingerprint density at radius 1 is 1.50 bits per heavy atom. The lowest BCUT2D eigenvalue weighted by molar-refractivity contribution is -0.137. The van der Waals surface area contributed by atoms with Crippen molar-refractivity contribution in [1.29, 1.82) is 0 Å². The van der Waals surface area contributed by atoms with Crippen molar-refractivity contribution in [3.05, 3.63) is 0 Å². The number of aliphatic carboxylic acids is 1. The van der Waals surface area contributed by atoms with Gasteiger partial charge in [-0.05, 0) is 25.8 Å². The highest BCUT2D eigenvalue weighted by molar-refractivity contribution is 5.66. The van der Waals surface area contributed by atoms with E-state index in [-0.39, 0.29) is 6.42 Å². The van der Waals surface area contributed by atoms with Crippen LogP contribution in [0.15, 0.2) is 0 Å². The van der Waals surface area contributed by atoms with Gasteiger partial charge < -0.3 is 14.7 Å². The van der Waals surface area contributed by atoms with Crippen LogP contribution >= 0.6 is 0 Å². The van der Waals surface area contributed by atoms with Gasteiger partial charge in [0.15, 0.2) is 0 Å². The number of carbonyl (C=O) groups is 1. The number of ether oxygens (including phenoxy) is 1. The maximum Gasteiger partial charge on any atom is 0.304 e. The van der Waals surface area contributed by atoms with Gasteiger partial charge >= 0.3 is 5.97 Å². The number of carboxylic acid groups (broad SMARTS) is 1. The molecule has 14 heavy (non-hydrogen) atoms. The molecule has 0 aliphatic heterocycles. The Hall–Kier alpha value is -0.610. The van der Waals surface area contributed by atoms with Crippen molar-refractivity contribution in [2.24, 2.45) is 5.92 Å². The Morgan fingerprint density at radius 2 is 2.21 bits per heavy atom. The summed E-state index contributed by atoms with van der Waals surface area (Å²) >= 11 is 0. The van der Waals surface area contributed by atoms with E-state index in [4.69, 9.17) is 9.84 Å². The van der Waals surface area contributed by atoms with Crippen molar-refractivity contribution in [3.8, 4) is 0 Å². The van der Waals surface area contributed by atoms with Crippen LogP contribution in [-0.4, -0.2) is 49.3 Å². The minimum absolute atomic E-state index is 0.207. The smallest absolute Gasteiger partial charge is 0.304 e. The van der Waals surface area contributed by atoms with Gasteiger partial charge in [0, 0.05) is 19.7 Å². The van der Waals surface area contributed by atoms with Gasteiger partial charge in [0.25, 0.3) is 0 Å². The molecule has 1 aliphatic carbocycles. The van der Waals surface area contributed by atoms with E-state index in [2.05, 4.69) is 0 Å². The van der Waals surface area contributed by atoms with E-state index in [0.29, 0.717) is 13.2 Å². The molecular formula is C10H19NO3. The second-order valence-electron chi connectivity index (χ2n) is 3.97. The molecule has 0 aromatic carbocycles. The molecule has 0 atom stereocenters. The van der Waals surface area contributed by atoms with Gasteiger partial charge in [-0.3, -0.25) is 4.79 Å². The van der Waals surface area contributed by atoms with Crippen molar-refractivity contribution >= 4 is 5.97 Å². The lowest BCUT2D eigenvalue weighted by atomic mass is 10.4. The standard InChI is InChI=1S/C10H19NO3/c1-11(5-4-10(12)13)6-7-14-8-9-2-3-9/h9H,2-8H2,1H3,(H,12,13). The third-order valence-electron chi connectivity index (χ3n) is 2.38. The Morgan fingerprint density at radius 3 is 2.79 bits per heavy atom. The quantitative estimate of drug-likeness (QED) is 0.591. The number of likely N-dealkylation sites (N-methyl/N-ethyl adjacent to an activating group) is 1. The summed E-state index contributed by atoms with van der Waals surface area (Å²) in [5.74, 6) is 0.0649. The summed E-state index contributed by atoms with van der Waals surface area (Å²) in [5.41, 5.74) is 0. The fourth-order valence-electron chi connectivity index (χ4n) is 1.15. The fourth-order valence-corrected chi connectivity index (χ4v) is 1.15. The topological polar surface area (TPSA) is 49.8 Å². The van der Waals surface area contributed by atoms with Gasteiger partial charge in [0.05, 0.1) is 13.0 Å². The Labute approximate surface area is 84.8 Å². The third kappa shape index (κ3) is 5.94. The molecule has 0 unspecified atom stereocenters. The zero-order valence-electron chi connectivity index (χ0n) is 8.74. The van der Waals surface area contributed by atoms with E-state index in [1.54, 1.807) is 0 Å². The lowest BCUT2D eigenvalue weighted by Crippen LogP contribution is -2.26. The molecule has 0 heterocycles. The molecule has 1 N–H and O–H groups in total. The molecule has 4 heteroatoms. The molecule has 1 rings (SSSR count). The molecule has 1 aliphatic rings. The number of nitrogens with zero attached hydrogens (tertiary/aromatic N) is 1. The molecule has 1 saturated carbocycles. The summed E-state index contributed by atoms with van der Waals surface area (Å²) in [7, 11) is 1.92. The van der Waals surface area contributed by atoms with Crippen LogP contribution in [-0.2, 0) is 9.53 Å².